The summed E-state index contributed by atoms with van der Waals surface area (Å²) in [6.45, 7) is 2.78. The molecule has 1 amide bonds. The highest BCUT2D eigenvalue weighted by Gasteiger charge is 2.37. The first kappa shape index (κ1) is 14.0. The summed E-state index contributed by atoms with van der Waals surface area (Å²) in [5.41, 5.74) is 5.25. The van der Waals surface area contributed by atoms with Crippen molar-refractivity contribution in [2.24, 2.45) is 5.73 Å². The van der Waals surface area contributed by atoms with Crippen LogP contribution in [0.4, 0.5) is 0 Å². The summed E-state index contributed by atoms with van der Waals surface area (Å²) in [5.74, 6) is -0.0738. The zero-order valence-electron chi connectivity index (χ0n) is 10.6. The highest BCUT2D eigenvalue weighted by atomic mass is 32.2. The Balaban J connectivity index is 2.34. The number of aromatic amines is 1. The number of rotatable bonds is 4. The number of aromatic nitrogens is 2. The number of carbonyl (C=O) groups excluding carboxylic acids is 1. The number of piperazine rings is 1. The van der Waals surface area contributed by atoms with Gasteiger partial charge < -0.3 is 16.0 Å². The molecule has 2 heterocycles. The summed E-state index contributed by atoms with van der Waals surface area (Å²) in [7, 11) is -3.77. The number of sulfonamides is 1. The lowest BCUT2D eigenvalue weighted by Gasteiger charge is -2.32. The SMILES string of the molecule is CCc1ncc(S(=O)(=O)N2CCNCC2C(N)=O)[nH]1. The molecule has 0 aromatic carbocycles. The van der Waals surface area contributed by atoms with E-state index in [-0.39, 0.29) is 18.1 Å². The van der Waals surface area contributed by atoms with Crippen molar-refractivity contribution in [1.29, 1.82) is 0 Å². The standard InChI is InChI=1S/C10H17N5O3S/c1-2-8-13-6-9(14-8)19(17,18)15-4-3-12-5-7(15)10(11)16/h6-7,12H,2-5H2,1H3,(H2,11,16)(H,13,14). The molecule has 0 spiro atoms. The minimum absolute atomic E-state index is 0.00231. The molecule has 1 aromatic heterocycles. The van der Waals surface area contributed by atoms with Crippen LogP contribution in [0.3, 0.4) is 0 Å². The number of hydrogen-bond donors (Lipinski definition) is 3. The van der Waals surface area contributed by atoms with Gasteiger partial charge in [-0.25, -0.2) is 13.4 Å². The average Bonchev–Trinajstić information content (AvgIpc) is 2.88. The van der Waals surface area contributed by atoms with Gasteiger partial charge in [-0.15, -0.1) is 0 Å². The predicted octanol–water partition coefficient (Wildman–Crippen LogP) is -1.58. The fraction of sp³-hybridized carbons (Fsp3) is 0.600. The Morgan fingerprint density at radius 3 is 2.95 bits per heavy atom. The van der Waals surface area contributed by atoms with E-state index in [1.54, 1.807) is 0 Å². The maximum Gasteiger partial charge on any atom is 0.260 e. The third kappa shape index (κ3) is 2.62. The minimum Gasteiger partial charge on any atom is -0.368 e. The lowest BCUT2D eigenvalue weighted by Crippen LogP contribution is -2.58. The van der Waals surface area contributed by atoms with E-state index < -0.39 is 22.0 Å². The first-order valence-corrected chi connectivity index (χ1v) is 7.46. The number of nitrogens with one attached hydrogen (secondary N) is 2. The number of primary amides is 1. The number of hydrogen-bond acceptors (Lipinski definition) is 5. The van der Waals surface area contributed by atoms with E-state index >= 15 is 0 Å². The van der Waals surface area contributed by atoms with E-state index in [0.717, 1.165) is 4.31 Å². The molecule has 0 saturated carbocycles. The number of amides is 1. The van der Waals surface area contributed by atoms with E-state index in [4.69, 9.17) is 5.73 Å². The van der Waals surface area contributed by atoms with Gasteiger partial charge in [-0.2, -0.15) is 4.31 Å². The average molecular weight is 287 g/mol. The zero-order chi connectivity index (χ0) is 14.0. The number of carbonyl (C=O) groups is 1. The first-order valence-electron chi connectivity index (χ1n) is 6.02. The molecule has 9 heteroatoms. The summed E-state index contributed by atoms with van der Waals surface area (Å²) < 4.78 is 26.0. The molecule has 8 nitrogen and oxygen atoms in total. The van der Waals surface area contributed by atoms with Crippen LogP contribution in [0.5, 0.6) is 0 Å². The van der Waals surface area contributed by atoms with Crippen molar-refractivity contribution in [3.8, 4) is 0 Å². The lowest BCUT2D eigenvalue weighted by molar-refractivity contribution is -0.122. The van der Waals surface area contributed by atoms with Crippen LogP contribution in [0.25, 0.3) is 0 Å². The van der Waals surface area contributed by atoms with Crippen molar-refractivity contribution in [3.63, 3.8) is 0 Å². The van der Waals surface area contributed by atoms with Gasteiger partial charge in [-0.1, -0.05) is 6.92 Å². The van der Waals surface area contributed by atoms with Gasteiger partial charge in [0.1, 0.15) is 11.9 Å². The van der Waals surface area contributed by atoms with Crippen molar-refractivity contribution >= 4 is 15.9 Å². The maximum atomic E-state index is 12.5. The Hall–Kier alpha value is -1.45. The summed E-state index contributed by atoms with van der Waals surface area (Å²) in [5, 5.41) is 2.95. The van der Waals surface area contributed by atoms with Crippen LogP contribution in [0.15, 0.2) is 11.2 Å². The van der Waals surface area contributed by atoms with Crippen LogP contribution < -0.4 is 11.1 Å². The van der Waals surface area contributed by atoms with Crippen molar-refractivity contribution in [3.05, 3.63) is 12.0 Å². The van der Waals surface area contributed by atoms with Gasteiger partial charge in [0.05, 0.1) is 6.20 Å². The minimum atomic E-state index is -3.77. The van der Waals surface area contributed by atoms with Crippen molar-refractivity contribution in [2.75, 3.05) is 19.6 Å². The van der Waals surface area contributed by atoms with Gasteiger partial charge in [-0.3, -0.25) is 4.79 Å². The number of aryl methyl sites for hydroxylation is 1. The smallest absolute Gasteiger partial charge is 0.260 e. The van der Waals surface area contributed by atoms with Gasteiger partial charge in [0.15, 0.2) is 5.03 Å². The maximum absolute atomic E-state index is 12.5. The second kappa shape index (κ2) is 5.27. The molecule has 0 aliphatic carbocycles. The number of H-pyrrole nitrogens is 1. The quantitative estimate of drug-likeness (QED) is 0.617. The lowest BCUT2D eigenvalue weighted by atomic mass is 10.2. The number of nitrogens with zero attached hydrogens (tertiary/aromatic N) is 2. The fourth-order valence-electron chi connectivity index (χ4n) is 2.00. The molecule has 0 bridgehead atoms. The van der Waals surface area contributed by atoms with E-state index in [9.17, 15) is 13.2 Å². The summed E-state index contributed by atoms with van der Waals surface area (Å²) in [4.78, 5) is 18.1. The number of nitrogens with two attached hydrogens (primary N) is 1. The summed E-state index contributed by atoms with van der Waals surface area (Å²) in [6, 6.07) is -0.868. The molecule has 1 aromatic rings. The monoisotopic (exact) mass is 287 g/mol. The van der Waals surface area contributed by atoms with Gasteiger partial charge >= 0.3 is 0 Å². The predicted molar refractivity (Wildman–Crippen MR) is 67.7 cm³/mol. The summed E-state index contributed by atoms with van der Waals surface area (Å²) in [6.07, 6.45) is 1.88. The topological polar surface area (TPSA) is 121 Å². The second-order valence-corrected chi connectivity index (χ2v) is 6.14. The van der Waals surface area contributed by atoms with Crippen LogP contribution in [-0.2, 0) is 21.2 Å². The van der Waals surface area contributed by atoms with Crippen molar-refractivity contribution < 1.29 is 13.2 Å². The highest BCUT2D eigenvalue weighted by molar-refractivity contribution is 7.89. The van der Waals surface area contributed by atoms with E-state index in [1.807, 2.05) is 6.92 Å². The second-order valence-electron chi connectivity index (χ2n) is 4.29. The molecule has 1 saturated heterocycles. The van der Waals surface area contributed by atoms with Gasteiger partial charge in [-0.05, 0) is 0 Å². The molecule has 4 N–H and O–H groups in total. The Kier molecular flexibility index (Phi) is 3.88. The highest BCUT2D eigenvalue weighted by Crippen LogP contribution is 2.17. The van der Waals surface area contributed by atoms with Gasteiger partial charge in [0.25, 0.3) is 10.0 Å². The Bertz CT molecular complexity index is 567. The van der Waals surface area contributed by atoms with E-state index in [0.29, 0.717) is 18.8 Å². The van der Waals surface area contributed by atoms with Crippen molar-refractivity contribution in [2.45, 2.75) is 24.4 Å². The van der Waals surface area contributed by atoms with Crippen LogP contribution in [0, 0.1) is 0 Å². The molecular formula is C10H17N5O3S. The first-order chi connectivity index (χ1) is 8.96. The Morgan fingerprint density at radius 2 is 2.37 bits per heavy atom. The van der Waals surface area contributed by atoms with Crippen molar-refractivity contribution in [1.82, 2.24) is 19.6 Å². The van der Waals surface area contributed by atoms with E-state index in [1.165, 1.54) is 6.20 Å². The molecule has 19 heavy (non-hydrogen) atoms. The summed E-state index contributed by atoms with van der Waals surface area (Å²) >= 11 is 0. The molecule has 1 aliphatic heterocycles. The molecule has 106 valence electrons. The van der Waals surface area contributed by atoms with Crippen LogP contribution in [0.1, 0.15) is 12.7 Å². The zero-order valence-corrected chi connectivity index (χ0v) is 11.4. The molecule has 1 aliphatic rings. The van der Waals surface area contributed by atoms with Crippen LogP contribution in [0.2, 0.25) is 0 Å². The molecule has 2 rings (SSSR count). The van der Waals surface area contributed by atoms with Crippen LogP contribution in [-0.4, -0.2) is 54.3 Å². The third-order valence-corrected chi connectivity index (χ3v) is 4.87. The van der Waals surface area contributed by atoms with Crippen LogP contribution >= 0.6 is 0 Å². The molecule has 1 atom stereocenters. The van der Waals surface area contributed by atoms with Gasteiger partial charge in [0.2, 0.25) is 5.91 Å². The molecular weight excluding hydrogens is 270 g/mol. The Morgan fingerprint density at radius 1 is 1.63 bits per heavy atom. The third-order valence-electron chi connectivity index (χ3n) is 3.05. The number of imidazole rings is 1. The normalized spacial score (nSPS) is 21.4. The fourth-order valence-corrected chi connectivity index (χ4v) is 3.53. The van der Waals surface area contributed by atoms with E-state index in [2.05, 4.69) is 15.3 Å². The molecule has 0 radical (unpaired) electrons. The van der Waals surface area contributed by atoms with Gasteiger partial charge in [0, 0.05) is 26.1 Å². The molecule has 1 fully saturated rings. The largest absolute Gasteiger partial charge is 0.368 e. The molecule has 1 unspecified atom stereocenters. The Labute approximate surface area is 111 Å².